The van der Waals surface area contributed by atoms with Gasteiger partial charge in [-0.3, -0.25) is 4.79 Å². The minimum absolute atomic E-state index is 0.0695. The van der Waals surface area contributed by atoms with Crippen LogP contribution < -0.4 is 5.32 Å². The average molecular weight is 285 g/mol. The maximum absolute atomic E-state index is 12.5. The molecule has 1 aliphatic carbocycles. The van der Waals surface area contributed by atoms with Gasteiger partial charge in [0.1, 0.15) is 6.61 Å². The fraction of sp³-hybridized carbons (Fsp3) is 0.500. The van der Waals surface area contributed by atoms with Crippen LogP contribution in [-0.2, 0) is 0 Å². The third-order valence-electron chi connectivity index (χ3n) is 4.03. The number of aliphatic hydroxyl groups is 1. The average Bonchev–Trinajstić information content (AvgIpc) is 2.75. The van der Waals surface area contributed by atoms with Crippen LogP contribution in [0.4, 0.5) is 0 Å². The summed E-state index contributed by atoms with van der Waals surface area (Å²) in [6.45, 7) is 6.24. The van der Waals surface area contributed by atoms with Gasteiger partial charge < -0.3 is 10.4 Å². The number of carbonyl (C=O) groups excluding carboxylic acids is 1. The molecule has 1 atom stereocenters. The Morgan fingerprint density at radius 2 is 2.24 bits per heavy atom. The summed E-state index contributed by atoms with van der Waals surface area (Å²) >= 11 is 0. The van der Waals surface area contributed by atoms with E-state index in [-0.39, 0.29) is 18.6 Å². The van der Waals surface area contributed by atoms with Crippen LogP contribution in [0.5, 0.6) is 0 Å². The van der Waals surface area contributed by atoms with Gasteiger partial charge in [0.2, 0.25) is 0 Å². The zero-order valence-electron chi connectivity index (χ0n) is 13.0. The Bertz CT molecular complexity index is 593. The molecule has 0 radical (unpaired) electrons. The van der Waals surface area contributed by atoms with Gasteiger partial charge in [-0.15, -0.1) is 0 Å². The molecule has 0 aliphatic heterocycles. The van der Waals surface area contributed by atoms with Crippen LogP contribution in [0.3, 0.4) is 0 Å². The highest BCUT2D eigenvalue weighted by molar-refractivity contribution is 5.97. The van der Waals surface area contributed by atoms with Crippen molar-refractivity contribution in [3.63, 3.8) is 0 Å². The van der Waals surface area contributed by atoms with Crippen LogP contribution >= 0.6 is 0 Å². The van der Waals surface area contributed by atoms with E-state index in [2.05, 4.69) is 31.0 Å². The third-order valence-corrected chi connectivity index (χ3v) is 4.03. The van der Waals surface area contributed by atoms with E-state index in [4.69, 9.17) is 5.11 Å². The Kier molecular flexibility index (Phi) is 4.69. The van der Waals surface area contributed by atoms with Crippen molar-refractivity contribution in [3.8, 4) is 11.8 Å². The first-order valence-electron chi connectivity index (χ1n) is 7.42. The zero-order valence-corrected chi connectivity index (χ0v) is 13.0. The van der Waals surface area contributed by atoms with E-state index in [1.54, 1.807) is 0 Å². The van der Waals surface area contributed by atoms with Crippen molar-refractivity contribution >= 4 is 5.91 Å². The Morgan fingerprint density at radius 3 is 2.86 bits per heavy atom. The van der Waals surface area contributed by atoms with Crippen LogP contribution in [0.15, 0.2) is 18.2 Å². The summed E-state index contributed by atoms with van der Waals surface area (Å²) in [6.07, 6.45) is 3.19. The van der Waals surface area contributed by atoms with Crippen LogP contribution in [0, 0.1) is 24.2 Å². The first-order valence-corrected chi connectivity index (χ1v) is 7.42. The molecule has 0 spiro atoms. The van der Waals surface area contributed by atoms with Crippen LogP contribution in [-0.4, -0.2) is 23.7 Å². The first kappa shape index (κ1) is 15.6. The molecule has 1 aromatic carbocycles. The molecule has 1 unspecified atom stereocenters. The molecule has 0 heterocycles. The number of amides is 1. The topological polar surface area (TPSA) is 49.3 Å². The number of aryl methyl sites for hydroxylation is 1. The molecule has 2 N–H and O–H groups in total. The van der Waals surface area contributed by atoms with Gasteiger partial charge in [0.05, 0.1) is 5.56 Å². The summed E-state index contributed by atoms with van der Waals surface area (Å²) in [4.78, 5) is 12.5. The summed E-state index contributed by atoms with van der Waals surface area (Å²) in [5, 5.41) is 12.0. The van der Waals surface area contributed by atoms with Gasteiger partial charge in [-0.2, -0.15) is 0 Å². The van der Waals surface area contributed by atoms with E-state index in [0.717, 1.165) is 24.8 Å². The molecule has 1 saturated carbocycles. The number of nitrogens with one attached hydrogen (secondary N) is 1. The molecule has 1 aromatic rings. The molecule has 0 saturated heterocycles. The quantitative estimate of drug-likeness (QED) is 0.821. The van der Waals surface area contributed by atoms with E-state index in [9.17, 15) is 4.79 Å². The number of hydrogen-bond donors (Lipinski definition) is 2. The lowest BCUT2D eigenvalue weighted by molar-refractivity contribution is 0.0936. The predicted octanol–water partition coefficient (Wildman–Crippen LogP) is 2.65. The summed E-state index contributed by atoms with van der Waals surface area (Å²) in [5.74, 6) is 5.41. The van der Waals surface area contributed by atoms with Gasteiger partial charge in [-0.1, -0.05) is 31.8 Å². The Balaban J connectivity index is 2.16. The zero-order chi connectivity index (χ0) is 15.5. The SMILES string of the molecule is Cc1ccc(C(=O)NC2CCC(C)(C)C2)c(C#CCO)c1. The third kappa shape index (κ3) is 4.09. The molecule has 0 bridgehead atoms. The molecule has 1 fully saturated rings. The molecule has 2 rings (SSSR count). The highest BCUT2D eigenvalue weighted by Crippen LogP contribution is 2.37. The van der Waals surface area contributed by atoms with Gasteiger partial charge >= 0.3 is 0 Å². The Hall–Kier alpha value is -1.79. The lowest BCUT2D eigenvalue weighted by Crippen LogP contribution is -2.34. The second-order valence-electron chi connectivity index (χ2n) is 6.59. The molecule has 3 heteroatoms. The molecule has 1 amide bonds. The lowest BCUT2D eigenvalue weighted by atomic mass is 9.92. The van der Waals surface area contributed by atoms with Gasteiger partial charge in [-0.05, 0) is 49.3 Å². The van der Waals surface area contributed by atoms with Crippen LogP contribution in [0.2, 0.25) is 0 Å². The van der Waals surface area contributed by atoms with Crippen molar-refractivity contribution in [2.24, 2.45) is 5.41 Å². The number of hydrogen-bond acceptors (Lipinski definition) is 2. The molecule has 21 heavy (non-hydrogen) atoms. The normalized spacial score (nSPS) is 19.7. The number of carbonyl (C=O) groups is 1. The lowest BCUT2D eigenvalue weighted by Gasteiger charge is -2.18. The number of rotatable bonds is 2. The summed E-state index contributed by atoms with van der Waals surface area (Å²) in [5.41, 5.74) is 2.63. The van der Waals surface area contributed by atoms with Crippen molar-refractivity contribution in [2.75, 3.05) is 6.61 Å². The molecule has 0 aromatic heterocycles. The molecule has 112 valence electrons. The fourth-order valence-electron chi connectivity index (χ4n) is 2.92. The van der Waals surface area contributed by atoms with Crippen molar-refractivity contribution in [2.45, 2.75) is 46.1 Å². The van der Waals surface area contributed by atoms with Crippen molar-refractivity contribution in [1.82, 2.24) is 5.32 Å². The maximum Gasteiger partial charge on any atom is 0.252 e. The second kappa shape index (κ2) is 6.32. The smallest absolute Gasteiger partial charge is 0.252 e. The van der Waals surface area contributed by atoms with E-state index in [1.165, 1.54) is 0 Å². The minimum atomic E-state index is -0.203. The van der Waals surface area contributed by atoms with Gasteiger partial charge in [0.25, 0.3) is 5.91 Å². The first-order chi connectivity index (χ1) is 9.91. The van der Waals surface area contributed by atoms with Crippen molar-refractivity contribution < 1.29 is 9.90 Å². The van der Waals surface area contributed by atoms with Gasteiger partial charge in [0.15, 0.2) is 0 Å². The summed E-state index contributed by atoms with van der Waals surface area (Å²) in [6, 6.07) is 5.85. The predicted molar refractivity (Wildman–Crippen MR) is 84.0 cm³/mol. The van der Waals surface area contributed by atoms with Crippen molar-refractivity contribution in [1.29, 1.82) is 0 Å². The van der Waals surface area contributed by atoms with E-state index >= 15 is 0 Å². The van der Waals surface area contributed by atoms with Gasteiger partial charge in [-0.25, -0.2) is 0 Å². The highest BCUT2D eigenvalue weighted by atomic mass is 16.2. The molecular weight excluding hydrogens is 262 g/mol. The monoisotopic (exact) mass is 285 g/mol. The highest BCUT2D eigenvalue weighted by Gasteiger charge is 2.31. The van der Waals surface area contributed by atoms with Gasteiger partial charge in [0, 0.05) is 11.6 Å². The molecular formula is C18H23NO2. The van der Waals surface area contributed by atoms with Crippen LogP contribution in [0.25, 0.3) is 0 Å². The van der Waals surface area contributed by atoms with E-state index in [0.29, 0.717) is 16.5 Å². The van der Waals surface area contributed by atoms with E-state index < -0.39 is 0 Å². The summed E-state index contributed by atoms with van der Waals surface area (Å²) < 4.78 is 0. The van der Waals surface area contributed by atoms with E-state index in [1.807, 2.05) is 25.1 Å². The second-order valence-corrected chi connectivity index (χ2v) is 6.59. The number of aliphatic hydroxyl groups excluding tert-OH is 1. The fourth-order valence-corrected chi connectivity index (χ4v) is 2.92. The molecule has 3 nitrogen and oxygen atoms in total. The minimum Gasteiger partial charge on any atom is -0.384 e. The van der Waals surface area contributed by atoms with Crippen LogP contribution in [0.1, 0.15) is 54.6 Å². The summed E-state index contributed by atoms with van der Waals surface area (Å²) in [7, 11) is 0. The maximum atomic E-state index is 12.5. The molecule has 1 aliphatic rings. The largest absolute Gasteiger partial charge is 0.384 e. The number of benzene rings is 1. The Labute approximate surface area is 126 Å². The Morgan fingerprint density at radius 1 is 1.48 bits per heavy atom. The van der Waals surface area contributed by atoms with Crippen molar-refractivity contribution in [3.05, 3.63) is 34.9 Å². The standard InChI is InChI=1S/C18H23NO2/c1-13-6-7-16(14(11-13)5-4-10-20)17(21)19-15-8-9-18(2,3)12-15/h6-7,11,15,20H,8-10,12H2,1-3H3,(H,19,21).